The number of rotatable bonds is 4. The molecule has 7 rings (SSSR count). The molecule has 1 aliphatic heterocycles. The zero-order valence-electron chi connectivity index (χ0n) is 24.2. The summed E-state index contributed by atoms with van der Waals surface area (Å²) in [4.78, 5) is 21.6. The Morgan fingerprint density at radius 2 is 1.81 bits per heavy atom. The van der Waals surface area contributed by atoms with E-state index in [-0.39, 0.29) is 6.42 Å². The highest BCUT2D eigenvalue weighted by Crippen LogP contribution is 2.42. The van der Waals surface area contributed by atoms with Gasteiger partial charge < -0.3 is 14.9 Å². The third kappa shape index (κ3) is 5.19. The molecule has 4 heterocycles. The van der Waals surface area contributed by atoms with Crippen LogP contribution in [-0.2, 0) is 17.6 Å². The summed E-state index contributed by atoms with van der Waals surface area (Å²) >= 11 is 0. The third-order valence-electron chi connectivity index (χ3n) is 7.30. The Kier molecular flexibility index (Phi) is 6.91. The van der Waals surface area contributed by atoms with Crippen molar-refractivity contribution in [3.05, 3.63) is 95.8 Å². The Labute approximate surface area is 244 Å². The standard InChI is InChI=1S/C31H23N3O3.C4H10O/c1-18-15-25-21(8-10-27-33-24(17-34(25)27)19-5-3-2-4-6-19)30(23(18)16-28(35)36)22-7-9-26-29-20(12-14-37-26)11-13-32-31(22)29;1-4(2,3)5/h2-11,13,15,17H,12,14,16H2,1H3,(H,35,36);5H,1-3H3. The number of nitrogens with zero attached hydrogens (tertiary/aromatic N) is 3. The van der Waals surface area contributed by atoms with Gasteiger partial charge in [-0.25, -0.2) is 4.98 Å². The molecule has 0 saturated heterocycles. The van der Waals surface area contributed by atoms with Crippen LogP contribution in [0, 0.1) is 6.92 Å². The van der Waals surface area contributed by atoms with Crippen LogP contribution in [0.1, 0.15) is 37.5 Å². The number of carboxylic acid groups (broad SMARTS) is 1. The number of aliphatic hydroxyl groups is 1. The van der Waals surface area contributed by atoms with Crippen LogP contribution in [0.5, 0.6) is 5.75 Å². The van der Waals surface area contributed by atoms with E-state index in [1.807, 2.05) is 55.6 Å². The molecule has 42 heavy (non-hydrogen) atoms. The van der Waals surface area contributed by atoms with Crippen molar-refractivity contribution >= 4 is 33.4 Å². The number of hydrogen-bond acceptors (Lipinski definition) is 5. The van der Waals surface area contributed by atoms with E-state index in [1.165, 1.54) is 5.56 Å². The molecule has 0 unspecified atom stereocenters. The highest BCUT2D eigenvalue weighted by Gasteiger charge is 2.23. The number of aliphatic carboxylic acids is 1. The Hall–Kier alpha value is -4.75. The smallest absolute Gasteiger partial charge is 0.307 e. The molecular formula is C35H33N3O4. The van der Waals surface area contributed by atoms with E-state index >= 15 is 0 Å². The fraction of sp³-hybridized carbons (Fsp3) is 0.229. The average Bonchev–Trinajstić information content (AvgIpc) is 3.39. The molecule has 0 aliphatic carbocycles. The van der Waals surface area contributed by atoms with Gasteiger partial charge in [-0.3, -0.25) is 14.2 Å². The number of carbonyl (C=O) groups is 1. The van der Waals surface area contributed by atoms with Gasteiger partial charge in [-0.05, 0) is 86.3 Å². The lowest BCUT2D eigenvalue weighted by molar-refractivity contribution is -0.136. The summed E-state index contributed by atoms with van der Waals surface area (Å²) in [6.07, 6.45) is 4.64. The average molecular weight is 560 g/mol. The topological polar surface area (TPSA) is 97.0 Å². The fourth-order valence-corrected chi connectivity index (χ4v) is 5.63. The minimum Gasteiger partial charge on any atom is -0.493 e. The zero-order chi connectivity index (χ0) is 29.6. The van der Waals surface area contributed by atoms with Crippen LogP contribution < -0.4 is 4.74 Å². The first-order chi connectivity index (χ1) is 20.1. The lowest BCUT2D eigenvalue weighted by atomic mass is 9.88. The van der Waals surface area contributed by atoms with E-state index in [9.17, 15) is 9.90 Å². The number of benzene rings is 3. The van der Waals surface area contributed by atoms with Crippen LogP contribution in [0.4, 0.5) is 0 Å². The Bertz CT molecular complexity index is 1950. The van der Waals surface area contributed by atoms with Gasteiger partial charge in [0.2, 0.25) is 0 Å². The minimum atomic E-state index is -0.863. The van der Waals surface area contributed by atoms with Crippen molar-refractivity contribution in [3.8, 4) is 28.1 Å². The molecule has 0 bridgehead atoms. The van der Waals surface area contributed by atoms with Crippen molar-refractivity contribution < 1.29 is 19.7 Å². The van der Waals surface area contributed by atoms with Crippen LogP contribution in [0.3, 0.4) is 0 Å². The minimum absolute atomic E-state index is 0.0756. The van der Waals surface area contributed by atoms with Crippen LogP contribution in [0.15, 0.2) is 79.1 Å². The van der Waals surface area contributed by atoms with Crippen molar-refractivity contribution in [1.82, 2.24) is 14.4 Å². The van der Waals surface area contributed by atoms with E-state index in [0.29, 0.717) is 6.61 Å². The largest absolute Gasteiger partial charge is 0.493 e. The lowest BCUT2D eigenvalue weighted by Gasteiger charge is -2.22. The zero-order valence-corrected chi connectivity index (χ0v) is 24.2. The second kappa shape index (κ2) is 10.6. The van der Waals surface area contributed by atoms with Gasteiger partial charge >= 0.3 is 5.97 Å². The molecule has 0 atom stereocenters. The first-order valence-corrected chi connectivity index (χ1v) is 14.1. The summed E-state index contributed by atoms with van der Waals surface area (Å²) in [6.45, 7) is 7.86. The van der Waals surface area contributed by atoms with Gasteiger partial charge in [0, 0.05) is 40.7 Å². The Balaban J connectivity index is 0.000000585. The van der Waals surface area contributed by atoms with Gasteiger partial charge in [-0.2, -0.15) is 0 Å². The Morgan fingerprint density at radius 1 is 1.05 bits per heavy atom. The predicted molar refractivity (Wildman–Crippen MR) is 166 cm³/mol. The van der Waals surface area contributed by atoms with Crippen molar-refractivity contribution in [2.75, 3.05) is 6.61 Å². The highest BCUT2D eigenvalue weighted by molar-refractivity contribution is 6.08. The molecule has 3 aromatic heterocycles. The molecule has 0 amide bonds. The predicted octanol–water partition coefficient (Wildman–Crippen LogP) is 7.02. The van der Waals surface area contributed by atoms with E-state index in [0.717, 1.165) is 73.1 Å². The highest BCUT2D eigenvalue weighted by atomic mass is 16.5. The monoisotopic (exact) mass is 559 g/mol. The number of carboxylic acids is 1. The van der Waals surface area contributed by atoms with Gasteiger partial charge in [0.15, 0.2) is 0 Å². The number of imidazole rings is 1. The maximum absolute atomic E-state index is 12.0. The molecule has 1 aliphatic rings. The normalized spacial score (nSPS) is 12.7. The molecule has 212 valence electrons. The summed E-state index contributed by atoms with van der Waals surface area (Å²) in [5, 5.41) is 20.3. The van der Waals surface area contributed by atoms with Crippen LogP contribution >= 0.6 is 0 Å². The van der Waals surface area contributed by atoms with Crippen LogP contribution in [0.2, 0.25) is 0 Å². The summed E-state index contributed by atoms with van der Waals surface area (Å²) in [7, 11) is 0. The lowest BCUT2D eigenvalue weighted by Crippen LogP contribution is -2.10. The van der Waals surface area contributed by atoms with Crippen LogP contribution in [0.25, 0.3) is 49.8 Å². The van der Waals surface area contributed by atoms with Gasteiger partial charge in [0.25, 0.3) is 0 Å². The molecule has 6 aromatic rings. The maximum Gasteiger partial charge on any atom is 0.307 e. The number of hydrogen-bond donors (Lipinski definition) is 2. The first kappa shape index (κ1) is 27.4. The molecule has 0 saturated carbocycles. The van der Waals surface area contributed by atoms with E-state index in [1.54, 1.807) is 20.8 Å². The summed E-state index contributed by atoms with van der Waals surface area (Å²) in [5.41, 5.74) is 8.82. The second-order valence-electron chi connectivity index (χ2n) is 11.7. The van der Waals surface area contributed by atoms with Crippen molar-refractivity contribution in [2.45, 2.75) is 46.1 Å². The molecule has 0 fully saturated rings. The third-order valence-corrected chi connectivity index (χ3v) is 7.30. The first-order valence-electron chi connectivity index (χ1n) is 14.1. The maximum atomic E-state index is 12.0. The summed E-state index contributed by atoms with van der Waals surface area (Å²) < 4.78 is 8.05. The number of aryl methyl sites for hydroxylation is 1. The van der Waals surface area contributed by atoms with Gasteiger partial charge in [-0.1, -0.05) is 30.3 Å². The second-order valence-corrected chi connectivity index (χ2v) is 11.7. The van der Waals surface area contributed by atoms with Gasteiger partial charge in [0.1, 0.15) is 11.4 Å². The van der Waals surface area contributed by atoms with E-state index in [4.69, 9.17) is 19.8 Å². The molecule has 0 spiro atoms. The SMILES string of the molecule is CC(C)(C)O.Cc1cc2c(ccc3nc(-c4ccccc4)cn32)c(-c2ccc3c4c(ccnc24)CCO3)c1CC(=O)O. The molecule has 0 radical (unpaired) electrons. The van der Waals surface area contributed by atoms with Crippen molar-refractivity contribution in [3.63, 3.8) is 0 Å². The number of ether oxygens (including phenoxy) is 1. The Morgan fingerprint density at radius 3 is 2.55 bits per heavy atom. The van der Waals surface area contributed by atoms with E-state index in [2.05, 4.69) is 34.9 Å². The van der Waals surface area contributed by atoms with E-state index < -0.39 is 11.6 Å². The molecular weight excluding hydrogens is 526 g/mol. The fourth-order valence-electron chi connectivity index (χ4n) is 5.63. The number of pyridine rings is 2. The summed E-state index contributed by atoms with van der Waals surface area (Å²) in [6, 6.07) is 22.3. The van der Waals surface area contributed by atoms with Crippen molar-refractivity contribution in [2.24, 2.45) is 0 Å². The number of fused-ring (bicyclic) bond motifs is 3. The molecule has 7 heteroatoms. The van der Waals surface area contributed by atoms with Crippen LogP contribution in [-0.4, -0.2) is 42.8 Å². The molecule has 7 nitrogen and oxygen atoms in total. The van der Waals surface area contributed by atoms with Gasteiger partial charge in [0.05, 0.1) is 35.4 Å². The molecule has 3 aromatic carbocycles. The quantitative estimate of drug-likeness (QED) is 0.241. The summed E-state index contributed by atoms with van der Waals surface area (Å²) in [5.74, 6) is -0.0351. The van der Waals surface area contributed by atoms with Crippen molar-refractivity contribution in [1.29, 1.82) is 0 Å². The number of aromatic nitrogens is 3. The molecule has 2 N–H and O–H groups in total. The van der Waals surface area contributed by atoms with Gasteiger partial charge in [-0.15, -0.1) is 0 Å².